The van der Waals surface area contributed by atoms with Gasteiger partial charge in [0.2, 0.25) is 0 Å². The topological polar surface area (TPSA) is 93.8 Å². The van der Waals surface area contributed by atoms with Crippen molar-refractivity contribution in [3.63, 3.8) is 0 Å². The van der Waals surface area contributed by atoms with Crippen molar-refractivity contribution in [2.45, 2.75) is 6.42 Å². The number of carbonyl (C=O) groups excluding carboxylic acids is 1. The minimum Gasteiger partial charge on any atom is -0.382 e. The Morgan fingerprint density at radius 1 is 1.22 bits per heavy atom. The zero-order valence-electron chi connectivity index (χ0n) is 9.71. The van der Waals surface area contributed by atoms with Crippen LogP contribution in [0.1, 0.15) is 16.1 Å². The van der Waals surface area contributed by atoms with Crippen molar-refractivity contribution in [2.24, 2.45) is 0 Å². The lowest BCUT2D eigenvalue weighted by Crippen LogP contribution is -2.26. The second-order valence-corrected chi connectivity index (χ2v) is 3.69. The third-order valence-corrected chi connectivity index (χ3v) is 2.35. The Hall–Kier alpha value is -2.50. The molecule has 6 nitrogen and oxygen atoms in total. The van der Waals surface area contributed by atoms with Gasteiger partial charge in [-0.05, 0) is 24.1 Å². The lowest BCUT2D eigenvalue weighted by molar-refractivity contribution is 0.0949. The summed E-state index contributed by atoms with van der Waals surface area (Å²) in [4.78, 5) is 23.3. The van der Waals surface area contributed by atoms with Crippen LogP contribution in [0.3, 0.4) is 0 Å². The minimum atomic E-state index is -0.253. The van der Waals surface area contributed by atoms with Crippen LogP contribution in [0.15, 0.2) is 36.9 Å². The maximum Gasteiger partial charge on any atom is 0.271 e. The Morgan fingerprint density at radius 3 is 2.67 bits per heavy atom. The van der Waals surface area contributed by atoms with Crippen molar-refractivity contribution < 1.29 is 4.79 Å². The number of amides is 1. The number of anilines is 1. The Labute approximate surface area is 104 Å². The van der Waals surface area contributed by atoms with Crippen LogP contribution < -0.4 is 11.1 Å². The predicted octanol–water partition coefficient (Wildman–Crippen LogP) is 0.426. The molecule has 0 aliphatic rings. The minimum absolute atomic E-state index is 0.253. The largest absolute Gasteiger partial charge is 0.382 e. The zero-order valence-corrected chi connectivity index (χ0v) is 9.71. The van der Waals surface area contributed by atoms with Crippen molar-refractivity contribution in [1.29, 1.82) is 0 Å². The first-order valence-corrected chi connectivity index (χ1v) is 5.50. The van der Waals surface area contributed by atoms with Crippen LogP contribution in [0.25, 0.3) is 0 Å². The van der Waals surface area contributed by atoms with Gasteiger partial charge in [-0.15, -0.1) is 0 Å². The van der Waals surface area contributed by atoms with Crippen LogP contribution in [0.4, 0.5) is 5.82 Å². The van der Waals surface area contributed by atoms with E-state index in [9.17, 15) is 4.79 Å². The fourth-order valence-electron chi connectivity index (χ4n) is 1.42. The van der Waals surface area contributed by atoms with E-state index in [2.05, 4.69) is 20.3 Å². The Morgan fingerprint density at radius 2 is 2.00 bits per heavy atom. The monoisotopic (exact) mass is 243 g/mol. The zero-order chi connectivity index (χ0) is 12.8. The van der Waals surface area contributed by atoms with Crippen molar-refractivity contribution in [3.8, 4) is 0 Å². The lowest BCUT2D eigenvalue weighted by Gasteiger charge is -2.04. The van der Waals surface area contributed by atoms with Crippen LogP contribution in [0, 0.1) is 0 Å². The van der Waals surface area contributed by atoms with Crippen LogP contribution in [0.5, 0.6) is 0 Å². The summed E-state index contributed by atoms with van der Waals surface area (Å²) in [7, 11) is 0. The number of hydrogen-bond acceptors (Lipinski definition) is 5. The number of nitrogens with one attached hydrogen (secondary N) is 1. The maximum absolute atomic E-state index is 11.7. The van der Waals surface area contributed by atoms with Crippen molar-refractivity contribution in [1.82, 2.24) is 20.3 Å². The Bertz CT molecular complexity index is 512. The highest BCUT2D eigenvalue weighted by Crippen LogP contribution is 1.98. The number of aromatic nitrogens is 3. The van der Waals surface area contributed by atoms with Crippen LogP contribution in [0.2, 0.25) is 0 Å². The second kappa shape index (κ2) is 5.72. The number of nitrogens with two attached hydrogens (primary N) is 1. The summed E-state index contributed by atoms with van der Waals surface area (Å²) < 4.78 is 0. The first-order chi connectivity index (χ1) is 8.75. The number of nitrogen functional groups attached to an aromatic ring is 1. The van der Waals surface area contributed by atoms with Gasteiger partial charge in [0.05, 0.1) is 12.4 Å². The highest BCUT2D eigenvalue weighted by Gasteiger charge is 2.06. The summed E-state index contributed by atoms with van der Waals surface area (Å²) in [5.74, 6) is 0.0416. The summed E-state index contributed by atoms with van der Waals surface area (Å²) in [5.41, 5.74) is 6.77. The van der Waals surface area contributed by atoms with Crippen LogP contribution in [-0.2, 0) is 6.42 Å². The lowest BCUT2D eigenvalue weighted by atomic mass is 10.2. The van der Waals surface area contributed by atoms with Crippen molar-refractivity contribution >= 4 is 11.7 Å². The van der Waals surface area contributed by atoms with Crippen molar-refractivity contribution in [2.75, 3.05) is 12.3 Å². The van der Waals surface area contributed by atoms with Gasteiger partial charge < -0.3 is 11.1 Å². The molecule has 92 valence electrons. The molecule has 2 aromatic heterocycles. The standard InChI is InChI=1S/C12H13N5O/c13-11-8-16-10(7-17-11)12(18)15-6-3-9-1-4-14-5-2-9/h1-2,4-5,7-8H,3,6H2,(H2,13,17)(H,15,18). The fraction of sp³-hybridized carbons (Fsp3) is 0.167. The summed E-state index contributed by atoms with van der Waals surface area (Å²) in [6.07, 6.45) is 6.91. The third-order valence-electron chi connectivity index (χ3n) is 2.35. The molecule has 0 unspecified atom stereocenters. The Balaban J connectivity index is 1.84. The predicted molar refractivity (Wildman–Crippen MR) is 66.7 cm³/mol. The van der Waals surface area contributed by atoms with Gasteiger partial charge in [0, 0.05) is 18.9 Å². The summed E-state index contributed by atoms with van der Waals surface area (Å²) in [5, 5.41) is 2.76. The number of hydrogen-bond donors (Lipinski definition) is 2. The molecule has 0 bridgehead atoms. The number of pyridine rings is 1. The smallest absolute Gasteiger partial charge is 0.271 e. The van der Waals surface area contributed by atoms with Gasteiger partial charge in [-0.2, -0.15) is 0 Å². The molecule has 2 heterocycles. The van der Waals surface area contributed by atoms with E-state index >= 15 is 0 Å². The van der Waals surface area contributed by atoms with Gasteiger partial charge in [0.1, 0.15) is 11.5 Å². The number of carbonyl (C=O) groups is 1. The van der Waals surface area contributed by atoms with Gasteiger partial charge in [0.15, 0.2) is 0 Å². The SMILES string of the molecule is Nc1cnc(C(=O)NCCc2ccncc2)cn1. The summed E-state index contributed by atoms with van der Waals surface area (Å²) in [6.45, 7) is 0.537. The molecule has 1 amide bonds. The molecule has 6 heteroatoms. The average molecular weight is 243 g/mol. The van der Waals surface area contributed by atoms with Crippen LogP contribution in [-0.4, -0.2) is 27.4 Å². The molecule has 0 aliphatic heterocycles. The van der Waals surface area contributed by atoms with E-state index in [0.717, 1.165) is 12.0 Å². The summed E-state index contributed by atoms with van der Waals surface area (Å²) >= 11 is 0. The molecule has 0 radical (unpaired) electrons. The fourth-order valence-corrected chi connectivity index (χ4v) is 1.42. The molecule has 2 rings (SSSR count). The Kier molecular flexibility index (Phi) is 3.80. The quantitative estimate of drug-likeness (QED) is 0.812. The molecule has 0 aromatic carbocycles. The third kappa shape index (κ3) is 3.24. The van der Waals surface area contributed by atoms with E-state index in [1.807, 2.05) is 12.1 Å². The molecule has 0 fully saturated rings. The van der Waals surface area contributed by atoms with E-state index in [1.165, 1.54) is 12.4 Å². The van der Waals surface area contributed by atoms with Crippen LogP contribution >= 0.6 is 0 Å². The van der Waals surface area contributed by atoms with Crippen molar-refractivity contribution in [3.05, 3.63) is 48.2 Å². The molecule has 0 saturated carbocycles. The maximum atomic E-state index is 11.7. The highest BCUT2D eigenvalue weighted by atomic mass is 16.1. The first-order valence-electron chi connectivity index (χ1n) is 5.50. The van der Waals surface area contributed by atoms with Gasteiger partial charge in [-0.25, -0.2) is 9.97 Å². The molecular weight excluding hydrogens is 230 g/mol. The van der Waals surface area contributed by atoms with Gasteiger partial charge in [-0.3, -0.25) is 9.78 Å². The molecule has 0 saturated heterocycles. The van der Waals surface area contributed by atoms with E-state index < -0.39 is 0 Å². The number of nitrogens with zero attached hydrogens (tertiary/aromatic N) is 3. The molecule has 18 heavy (non-hydrogen) atoms. The van der Waals surface area contributed by atoms with E-state index in [0.29, 0.717) is 12.4 Å². The molecule has 3 N–H and O–H groups in total. The number of rotatable bonds is 4. The van der Waals surface area contributed by atoms with Gasteiger partial charge >= 0.3 is 0 Å². The van der Waals surface area contributed by atoms with E-state index in [-0.39, 0.29) is 11.6 Å². The van der Waals surface area contributed by atoms with Gasteiger partial charge in [-0.1, -0.05) is 0 Å². The summed E-state index contributed by atoms with van der Waals surface area (Å²) in [6, 6.07) is 3.82. The van der Waals surface area contributed by atoms with Gasteiger partial charge in [0.25, 0.3) is 5.91 Å². The molecule has 0 spiro atoms. The highest BCUT2D eigenvalue weighted by molar-refractivity contribution is 5.91. The van der Waals surface area contributed by atoms with E-state index in [1.54, 1.807) is 12.4 Å². The normalized spacial score (nSPS) is 10.0. The average Bonchev–Trinajstić information content (AvgIpc) is 2.40. The molecule has 0 aliphatic carbocycles. The molecular formula is C12H13N5O. The first kappa shape index (κ1) is 12.0. The molecule has 2 aromatic rings. The van der Waals surface area contributed by atoms with E-state index in [4.69, 9.17) is 5.73 Å². The molecule has 0 atom stereocenters. The second-order valence-electron chi connectivity index (χ2n) is 3.69.